The topological polar surface area (TPSA) is 78.3 Å². The number of benzene rings is 2. The lowest BCUT2D eigenvalue weighted by Gasteiger charge is -2.08. The summed E-state index contributed by atoms with van der Waals surface area (Å²) in [5.74, 6) is 0.622. The van der Waals surface area contributed by atoms with Crippen molar-refractivity contribution in [2.45, 2.75) is 6.54 Å². The average molecular weight is 277 g/mol. The van der Waals surface area contributed by atoms with Gasteiger partial charge in [0.05, 0.1) is 10.6 Å². The molecule has 0 atom stereocenters. The lowest BCUT2D eigenvalue weighted by Crippen LogP contribution is -2.11. The SMILES string of the molecule is NCc1cccc(Oc2ccc(C(N)=O)c(Cl)c2)c1. The summed E-state index contributed by atoms with van der Waals surface area (Å²) >= 11 is 5.95. The minimum absolute atomic E-state index is 0.264. The molecule has 4 nitrogen and oxygen atoms in total. The van der Waals surface area contributed by atoms with Gasteiger partial charge in [0.15, 0.2) is 0 Å². The van der Waals surface area contributed by atoms with Crippen LogP contribution in [0.2, 0.25) is 5.02 Å². The maximum absolute atomic E-state index is 11.1. The number of primary amides is 1. The molecule has 0 fully saturated rings. The number of amides is 1. The lowest BCUT2D eigenvalue weighted by atomic mass is 10.2. The molecule has 0 radical (unpaired) electrons. The summed E-state index contributed by atoms with van der Waals surface area (Å²) < 4.78 is 5.64. The Morgan fingerprint density at radius 1 is 1.16 bits per heavy atom. The van der Waals surface area contributed by atoms with Crippen molar-refractivity contribution in [2.75, 3.05) is 0 Å². The maximum Gasteiger partial charge on any atom is 0.250 e. The third-order valence-corrected chi connectivity index (χ3v) is 2.89. The van der Waals surface area contributed by atoms with Crippen LogP contribution in [0.3, 0.4) is 0 Å². The highest BCUT2D eigenvalue weighted by atomic mass is 35.5. The summed E-state index contributed by atoms with van der Waals surface area (Å²) in [4.78, 5) is 11.1. The first-order valence-electron chi connectivity index (χ1n) is 5.66. The predicted molar refractivity (Wildman–Crippen MR) is 74.4 cm³/mol. The van der Waals surface area contributed by atoms with Crippen LogP contribution in [0.15, 0.2) is 42.5 Å². The fourth-order valence-electron chi connectivity index (χ4n) is 1.63. The van der Waals surface area contributed by atoms with E-state index in [0.29, 0.717) is 18.0 Å². The predicted octanol–water partition coefficient (Wildman–Crippen LogP) is 2.69. The first kappa shape index (κ1) is 13.4. The largest absolute Gasteiger partial charge is 0.457 e. The standard InChI is InChI=1S/C14H13ClN2O2/c15-13-7-11(4-5-12(13)14(17)18)19-10-3-1-2-9(6-10)8-16/h1-7H,8,16H2,(H2,17,18). The third-order valence-electron chi connectivity index (χ3n) is 2.58. The van der Waals surface area contributed by atoms with Crippen LogP contribution in [0, 0.1) is 0 Å². The van der Waals surface area contributed by atoms with E-state index in [0.717, 1.165) is 5.56 Å². The number of ether oxygens (including phenoxy) is 1. The van der Waals surface area contributed by atoms with Gasteiger partial charge in [-0.15, -0.1) is 0 Å². The van der Waals surface area contributed by atoms with Gasteiger partial charge in [-0.2, -0.15) is 0 Å². The molecule has 0 aliphatic carbocycles. The molecule has 1 amide bonds. The van der Waals surface area contributed by atoms with Gasteiger partial charge in [-0.05, 0) is 29.8 Å². The fraction of sp³-hybridized carbons (Fsp3) is 0.0714. The Morgan fingerprint density at radius 3 is 2.53 bits per heavy atom. The molecule has 19 heavy (non-hydrogen) atoms. The van der Waals surface area contributed by atoms with Gasteiger partial charge in [-0.3, -0.25) is 4.79 Å². The third kappa shape index (κ3) is 3.24. The van der Waals surface area contributed by atoms with E-state index < -0.39 is 5.91 Å². The maximum atomic E-state index is 11.1. The van der Waals surface area contributed by atoms with Gasteiger partial charge >= 0.3 is 0 Å². The Labute approximate surface area is 115 Å². The average Bonchev–Trinajstić information content (AvgIpc) is 2.38. The summed E-state index contributed by atoms with van der Waals surface area (Å²) in [6, 6.07) is 12.2. The zero-order chi connectivity index (χ0) is 13.8. The summed E-state index contributed by atoms with van der Waals surface area (Å²) in [6.07, 6.45) is 0. The van der Waals surface area contributed by atoms with Crippen LogP contribution in [0.25, 0.3) is 0 Å². The Bertz CT molecular complexity index is 614. The van der Waals surface area contributed by atoms with Gasteiger partial charge in [0.2, 0.25) is 5.91 Å². The lowest BCUT2D eigenvalue weighted by molar-refractivity contribution is 0.100. The van der Waals surface area contributed by atoms with Crippen LogP contribution in [0.5, 0.6) is 11.5 Å². The molecule has 0 aliphatic heterocycles. The van der Waals surface area contributed by atoms with Crippen LogP contribution in [0.4, 0.5) is 0 Å². The highest BCUT2D eigenvalue weighted by molar-refractivity contribution is 6.33. The molecule has 0 spiro atoms. The second-order valence-corrected chi connectivity index (χ2v) is 4.37. The Hall–Kier alpha value is -2.04. The zero-order valence-electron chi connectivity index (χ0n) is 10.1. The van der Waals surface area contributed by atoms with Crippen LogP contribution in [0.1, 0.15) is 15.9 Å². The number of nitrogens with two attached hydrogens (primary N) is 2. The second kappa shape index (κ2) is 5.73. The molecule has 0 aliphatic rings. The first-order valence-corrected chi connectivity index (χ1v) is 6.04. The summed E-state index contributed by atoms with van der Waals surface area (Å²) in [6.45, 7) is 0.443. The van der Waals surface area contributed by atoms with Crippen LogP contribution in [-0.4, -0.2) is 5.91 Å². The molecule has 4 N–H and O–H groups in total. The van der Waals surface area contributed by atoms with Crippen molar-refractivity contribution < 1.29 is 9.53 Å². The van der Waals surface area contributed by atoms with Crippen molar-refractivity contribution in [3.8, 4) is 11.5 Å². The minimum atomic E-state index is -0.568. The number of carbonyl (C=O) groups excluding carboxylic acids is 1. The second-order valence-electron chi connectivity index (χ2n) is 3.96. The summed E-state index contributed by atoms with van der Waals surface area (Å²) in [5.41, 5.74) is 12.0. The monoisotopic (exact) mass is 276 g/mol. The molecular formula is C14H13ClN2O2. The Kier molecular flexibility index (Phi) is 4.04. The van der Waals surface area contributed by atoms with Gasteiger partial charge < -0.3 is 16.2 Å². The van der Waals surface area contributed by atoms with Crippen molar-refractivity contribution in [3.05, 3.63) is 58.6 Å². The van der Waals surface area contributed by atoms with Gasteiger partial charge in [0, 0.05) is 12.6 Å². The molecule has 2 aromatic carbocycles. The van der Waals surface area contributed by atoms with Crippen molar-refractivity contribution in [3.63, 3.8) is 0 Å². The number of carbonyl (C=O) groups is 1. The normalized spacial score (nSPS) is 10.2. The van der Waals surface area contributed by atoms with E-state index >= 15 is 0 Å². The van der Waals surface area contributed by atoms with Gasteiger partial charge in [0.1, 0.15) is 11.5 Å². The molecule has 0 bridgehead atoms. The first-order chi connectivity index (χ1) is 9.10. The van der Waals surface area contributed by atoms with E-state index in [4.69, 9.17) is 27.8 Å². The van der Waals surface area contributed by atoms with Crippen molar-refractivity contribution in [2.24, 2.45) is 11.5 Å². The molecule has 2 aromatic rings. The molecule has 0 unspecified atom stereocenters. The number of hydrogen-bond acceptors (Lipinski definition) is 3. The van der Waals surface area contributed by atoms with Gasteiger partial charge in [-0.25, -0.2) is 0 Å². The number of hydrogen-bond donors (Lipinski definition) is 2. The molecule has 0 saturated carbocycles. The number of rotatable bonds is 4. The zero-order valence-corrected chi connectivity index (χ0v) is 10.9. The van der Waals surface area contributed by atoms with Crippen molar-refractivity contribution in [1.82, 2.24) is 0 Å². The summed E-state index contributed by atoms with van der Waals surface area (Å²) in [7, 11) is 0. The van der Waals surface area contributed by atoms with E-state index in [-0.39, 0.29) is 10.6 Å². The number of halogens is 1. The quantitative estimate of drug-likeness (QED) is 0.901. The summed E-state index contributed by atoms with van der Waals surface area (Å²) in [5, 5.41) is 0.264. The fourth-order valence-corrected chi connectivity index (χ4v) is 1.89. The molecule has 2 rings (SSSR count). The minimum Gasteiger partial charge on any atom is -0.457 e. The van der Waals surface area contributed by atoms with E-state index in [1.54, 1.807) is 12.1 Å². The molecule has 0 heterocycles. The molecular weight excluding hydrogens is 264 g/mol. The highest BCUT2D eigenvalue weighted by Gasteiger charge is 2.08. The molecule has 5 heteroatoms. The Balaban J connectivity index is 2.23. The van der Waals surface area contributed by atoms with Gasteiger partial charge in [0.25, 0.3) is 0 Å². The molecule has 0 aromatic heterocycles. The van der Waals surface area contributed by atoms with E-state index in [1.165, 1.54) is 6.07 Å². The van der Waals surface area contributed by atoms with Crippen molar-refractivity contribution >= 4 is 17.5 Å². The van der Waals surface area contributed by atoms with Crippen LogP contribution in [-0.2, 0) is 6.54 Å². The van der Waals surface area contributed by atoms with E-state index in [9.17, 15) is 4.79 Å². The Morgan fingerprint density at radius 2 is 1.89 bits per heavy atom. The van der Waals surface area contributed by atoms with E-state index in [2.05, 4.69) is 0 Å². The van der Waals surface area contributed by atoms with Gasteiger partial charge in [-0.1, -0.05) is 23.7 Å². The highest BCUT2D eigenvalue weighted by Crippen LogP contribution is 2.27. The van der Waals surface area contributed by atoms with Crippen LogP contribution >= 0.6 is 11.6 Å². The smallest absolute Gasteiger partial charge is 0.250 e. The molecule has 0 saturated heterocycles. The van der Waals surface area contributed by atoms with Crippen LogP contribution < -0.4 is 16.2 Å². The van der Waals surface area contributed by atoms with Crippen molar-refractivity contribution in [1.29, 1.82) is 0 Å². The van der Waals surface area contributed by atoms with E-state index in [1.807, 2.05) is 24.3 Å². The molecule has 98 valence electrons.